The van der Waals surface area contributed by atoms with Gasteiger partial charge in [-0.25, -0.2) is 26.8 Å². The van der Waals surface area contributed by atoms with Gasteiger partial charge in [-0.2, -0.15) is 0 Å². The number of nitrogens with one attached hydrogen (secondary N) is 1. The van der Waals surface area contributed by atoms with Crippen LogP contribution >= 0.6 is 0 Å². The molecule has 1 aromatic heterocycles. The van der Waals surface area contributed by atoms with E-state index in [1.54, 1.807) is 18.2 Å². The van der Waals surface area contributed by atoms with Crippen LogP contribution in [-0.2, 0) is 35.1 Å². The maximum atomic E-state index is 12.6. The van der Waals surface area contributed by atoms with E-state index in [1.165, 1.54) is 49.4 Å². The third-order valence-corrected chi connectivity index (χ3v) is 7.09. The monoisotopic (exact) mass is 492 g/mol. The van der Waals surface area contributed by atoms with Crippen molar-refractivity contribution in [2.45, 2.75) is 28.6 Å². The van der Waals surface area contributed by atoms with Crippen molar-refractivity contribution >= 4 is 37.4 Å². The van der Waals surface area contributed by atoms with Crippen molar-refractivity contribution < 1.29 is 35.6 Å². The Kier molecular flexibility index (Phi) is 7.01. The van der Waals surface area contributed by atoms with E-state index >= 15 is 0 Å². The van der Waals surface area contributed by atoms with E-state index in [2.05, 4.69) is 5.32 Å². The Morgan fingerprint density at radius 2 is 1.61 bits per heavy atom. The van der Waals surface area contributed by atoms with Gasteiger partial charge >= 0.3 is 5.97 Å². The minimum Gasteiger partial charge on any atom is -0.457 e. The molecule has 1 amide bonds. The number of hydrogen-bond donors (Lipinski definition) is 2. The van der Waals surface area contributed by atoms with Crippen molar-refractivity contribution in [2.75, 3.05) is 5.32 Å². The van der Waals surface area contributed by atoms with Crippen LogP contribution in [0, 0.1) is 0 Å². The maximum Gasteiger partial charge on any atom is 0.375 e. The molecule has 1 unspecified atom stereocenters. The molecule has 0 aliphatic carbocycles. The highest BCUT2D eigenvalue weighted by Crippen LogP contribution is 2.21. The molecular formula is C21H20N2O8S2. The second kappa shape index (κ2) is 9.57. The van der Waals surface area contributed by atoms with Gasteiger partial charge in [-0.15, -0.1) is 0 Å². The van der Waals surface area contributed by atoms with Crippen molar-refractivity contribution in [1.82, 2.24) is 0 Å². The lowest BCUT2D eigenvalue weighted by Gasteiger charge is -2.13. The van der Waals surface area contributed by atoms with E-state index in [0.29, 0.717) is 0 Å². The fourth-order valence-corrected chi connectivity index (χ4v) is 4.67. The Morgan fingerprint density at radius 3 is 2.21 bits per heavy atom. The highest BCUT2D eigenvalue weighted by Gasteiger charge is 2.26. The van der Waals surface area contributed by atoms with Gasteiger partial charge in [-0.1, -0.05) is 18.2 Å². The van der Waals surface area contributed by atoms with Crippen molar-refractivity contribution in [1.29, 1.82) is 0 Å². The molecule has 1 atom stereocenters. The number of furan rings is 1. The van der Waals surface area contributed by atoms with Gasteiger partial charge in [-0.3, -0.25) is 4.79 Å². The number of nitrogens with two attached hydrogens (primary N) is 1. The number of carbonyl (C=O) groups is 2. The van der Waals surface area contributed by atoms with Crippen LogP contribution in [0.5, 0.6) is 0 Å². The quantitative estimate of drug-likeness (QED) is 0.451. The second-order valence-electron chi connectivity index (χ2n) is 6.95. The molecule has 0 spiro atoms. The molecule has 10 nitrogen and oxygen atoms in total. The zero-order valence-electron chi connectivity index (χ0n) is 17.3. The Bertz CT molecular complexity index is 1360. The summed E-state index contributed by atoms with van der Waals surface area (Å²) in [5.41, 5.74) is 0.345. The van der Waals surface area contributed by atoms with Crippen LogP contribution in [0.2, 0.25) is 0 Å². The Morgan fingerprint density at radius 1 is 0.970 bits per heavy atom. The number of amides is 1. The third-order valence-electron chi connectivity index (χ3n) is 4.48. The number of carbonyl (C=O) groups excluding carboxylic acids is 2. The summed E-state index contributed by atoms with van der Waals surface area (Å²) in [5, 5.41) is 7.49. The van der Waals surface area contributed by atoms with Crippen LogP contribution in [0.25, 0.3) is 0 Å². The average molecular weight is 493 g/mol. The van der Waals surface area contributed by atoms with Gasteiger partial charge in [0, 0.05) is 11.3 Å². The summed E-state index contributed by atoms with van der Waals surface area (Å²) in [6.07, 6.45) is -0.108. The zero-order chi connectivity index (χ0) is 24.2. The van der Waals surface area contributed by atoms with Crippen LogP contribution in [-0.4, -0.2) is 34.8 Å². The van der Waals surface area contributed by atoms with Gasteiger partial charge in [0.2, 0.25) is 15.8 Å². The van der Waals surface area contributed by atoms with Crippen molar-refractivity contribution in [3.8, 4) is 0 Å². The van der Waals surface area contributed by atoms with E-state index in [1.807, 2.05) is 0 Å². The number of sulfone groups is 1. The first kappa shape index (κ1) is 24.2. The SMILES string of the molecule is CC(OC(=O)c1occc1CS(=O)(=O)c1ccccc1)C(=O)Nc1ccc(S(N)(=O)=O)cc1. The minimum absolute atomic E-state index is 0.0896. The molecule has 0 fully saturated rings. The van der Waals surface area contributed by atoms with Crippen LogP contribution in [0.4, 0.5) is 5.69 Å². The summed E-state index contributed by atoms with van der Waals surface area (Å²) in [5.74, 6) is -2.52. The molecule has 174 valence electrons. The highest BCUT2D eigenvalue weighted by atomic mass is 32.2. The van der Waals surface area contributed by atoms with Gasteiger partial charge in [-0.05, 0) is 49.4 Å². The van der Waals surface area contributed by atoms with Crippen LogP contribution in [0.3, 0.4) is 0 Å². The molecule has 3 aromatic rings. The molecule has 0 saturated carbocycles. The molecule has 0 saturated heterocycles. The maximum absolute atomic E-state index is 12.6. The number of sulfonamides is 1. The molecule has 0 bridgehead atoms. The lowest BCUT2D eigenvalue weighted by molar-refractivity contribution is -0.123. The summed E-state index contributed by atoms with van der Waals surface area (Å²) < 4.78 is 58.0. The van der Waals surface area contributed by atoms with E-state index in [9.17, 15) is 26.4 Å². The number of hydrogen-bond acceptors (Lipinski definition) is 8. The van der Waals surface area contributed by atoms with Crippen LogP contribution in [0.1, 0.15) is 23.0 Å². The van der Waals surface area contributed by atoms with E-state index in [-0.39, 0.29) is 26.8 Å². The normalized spacial score (nSPS) is 12.7. The predicted molar refractivity (Wildman–Crippen MR) is 117 cm³/mol. The lowest BCUT2D eigenvalue weighted by Crippen LogP contribution is -2.30. The molecule has 12 heteroatoms. The first-order valence-corrected chi connectivity index (χ1v) is 12.7. The molecule has 2 aromatic carbocycles. The number of rotatable bonds is 8. The third kappa shape index (κ3) is 6.06. The van der Waals surface area contributed by atoms with Crippen molar-refractivity contribution in [3.63, 3.8) is 0 Å². The van der Waals surface area contributed by atoms with Gasteiger partial charge in [0.1, 0.15) is 0 Å². The summed E-state index contributed by atoms with van der Waals surface area (Å²) in [6, 6.07) is 14.1. The standard InChI is InChI=1S/C21H20N2O8S2/c1-14(20(24)23-16-7-9-18(10-8-16)33(22,28)29)31-21(25)19-15(11-12-30-19)13-32(26,27)17-5-3-2-4-6-17/h2-12,14H,13H2,1H3,(H,23,24)(H2,22,28,29). The molecule has 0 aliphatic rings. The van der Waals surface area contributed by atoms with Crippen molar-refractivity contribution in [3.05, 3.63) is 78.3 Å². The Hall–Kier alpha value is -3.48. The molecular weight excluding hydrogens is 472 g/mol. The fourth-order valence-electron chi connectivity index (χ4n) is 2.78. The number of benzene rings is 2. The molecule has 3 rings (SSSR count). The summed E-state index contributed by atoms with van der Waals surface area (Å²) >= 11 is 0. The lowest BCUT2D eigenvalue weighted by atomic mass is 10.2. The van der Waals surface area contributed by atoms with E-state index in [4.69, 9.17) is 14.3 Å². The number of ether oxygens (including phenoxy) is 1. The first-order valence-electron chi connectivity index (χ1n) is 9.46. The van der Waals surface area contributed by atoms with Gasteiger partial charge in [0.05, 0.1) is 21.8 Å². The van der Waals surface area contributed by atoms with Gasteiger partial charge < -0.3 is 14.5 Å². The fraction of sp³-hybridized carbons (Fsp3) is 0.143. The second-order valence-corrected chi connectivity index (χ2v) is 10.5. The molecule has 0 aliphatic heterocycles. The number of primary sulfonamides is 1. The largest absolute Gasteiger partial charge is 0.457 e. The Labute approximate surface area is 190 Å². The number of anilines is 1. The summed E-state index contributed by atoms with van der Waals surface area (Å²) in [7, 11) is -7.61. The highest BCUT2D eigenvalue weighted by molar-refractivity contribution is 7.90. The van der Waals surface area contributed by atoms with Gasteiger partial charge in [0.15, 0.2) is 15.9 Å². The number of esters is 1. The van der Waals surface area contributed by atoms with Crippen LogP contribution in [0.15, 0.2) is 81.1 Å². The summed E-state index contributed by atoms with van der Waals surface area (Å²) in [4.78, 5) is 24.8. The van der Waals surface area contributed by atoms with E-state index in [0.717, 1.165) is 6.26 Å². The minimum atomic E-state index is -3.88. The average Bonchev–Trinajstić information content (AvgIpc) is 3.21. The zero-order valence-corrected chi connectivity index (χ0v) is 18.9. The molecule has 1 heterocycles. The topological polar surface area (TPSA) is 163 Å². The van der Waals surface area contributed by atoms with Crippen molar-refractivity contribution in [2.24, 2.45) is 5.14 Å². The predicted octanol–water partition coefficient (Wildman–Crippen LogP) is 2.08. The molecule has 33 heavy (non-hydrogen) atoms. The molecule has 3 N–H and O–H groups in total. The van der Waals surface area contributed by atoms with E-state index < -0.39 is 43.6 Å². The Balaban J connectivity index is 1.66. The molecule has 0 radical (unpaired) electrons. The van der Waals surface area contributed by atoms with Gasteiger partial charge in [0.25, 0.3) is 5.91 Å². The van der Waals surface area contributed by atoms with Crippen LogP contribution < -0.4 is 10.5 Å². The first-order chi connectivity index (χ1) is 15.5. The smallest absolute Gasteiger partial charge is 0.375 e. The summed E-state index contributed by atoms with van der Waals surface area (Å²) in [6.45, 7) is 1.31.